The number of nitrogens with two attached hydrogens (primary N) is 1. The summed E-state index contributed by atoms with van der Waals surface area (Å²) in [5, 5.41) is 0.310. The van der Waals surface area contributed by atoms with Gasteiger partial charge in [-0.2, -0.15) is 0 Å². The van der Waals surface area contributed by atoms with Crippen LogP contribution in [0.15, 0.2) is 18.2 Å². The molecule has 0 aliphatic heterocycles. The zero-order valence-electron chi connectivity index (χ0n) is 9.23. The first-order valence-corrected chi connectivity index (χ1v) is 7.39. The molecule has 0 saturated carbocycles. The Hall–Kier alpha value is -0.850. The van der Waals surface area contributed by atoms with Crippen molar-refractivity contribution < 1.29 is 8.42 Å². The molecule has 0 fully saturated rings. The molecule has 0 aliphatic rings. The molecule has 7 heteroatoms. The van der Waals surface area contributed by atoms with Gasteiger partial charge in [0, 0.05) is 5.56 Å². The number of hydrogen-bond acceptors (Lipinski definition) is 3. The Kier molecular flexibility index (Phi) is 4.73. The van der Waals surface area contributed by atoms with Gasteiger partial charge in [0.05, 0.1) is 16.5 Å². The van der Waals surface area contributed by atoms with Gasteiger partial charge < -0.3 is 5.73 Å². The molecule has 0 atom stereocenters. The summed E-state index contributed by atoms with van der Waals surface area (Å²) in [5.41, 5.74) is 6.33. The topological polar surface area (TPSA) is 72.2 Å². The van der Waals surface area contributed by atoms with E-state index in [1.165, 1.54) is 6.07 Å². The lowest BCUT2D eigenvalue weighted by Crippen LogP contribution is -2.17. The van der Waals surface area contributed by atoms with Gasteiger partial charge >= 0.3 is 0 Å². The van der Waals surface area contributed by atoms with Crippen molar-refractivity contribution in [2.75, 3.05) is 10.5 Å². The summed E-state index contributed by atoms with van der Waals surface area (Å²) < 4.78 is 25.6. The Balaban J connectivity index is 3.06. The molecule has 1 rings (SSSR count). The number of sulfonamides is 1. The first-order chi connectivity index (χ1) is 7.85. The molecule has 0 bridgehead atoms. The molecule has 0 saturated heterocycles. The third kappa shape index (κ3) is 4.14. The van der Waals surface area contributed by atoms with Crippen LogP contribution in [-0.2, 0) is 10.0 Å². The van der Waals surface area contributed by atoms with E-state index in [4.69, 9.17) is 29.6 Å². The quantitative estimate of drug-likeness (QED) is 0.816. The van der Waals surface area contributed by atoms with Crippen LogP contribution >= 0.6 is 23.8 Å². The number of benzene rings is 1. The SMILES string of the molecule is CCCS(=O)(=O)Nc1cc(C(N)=S)ccc1Cl. The van der Waals surface area contributed by atoms with Crippen LogP contribution in [0.5, 0.6) is 0 Å². The first kappa shape index (κ1) is 14.2. The Morgan fingerprint density at radius 3 is 2.71 bits per heavy atom. The summed E-state index contributed by atoms with van der Waals surface area (Å²) in [6.45, 7) is 1.78. The molecule has 0 aromatic heterocycles. The largest absolute Gasteiger partial charge is 0.389 e. The Labute approximate surface area is 111 Å². The molecular formula is C10H13ClN2O2S2. The fraction of sp³-hybridized carbons (Fsp3) is 0.300. The first-order valence-electron chi connectivity index (χ1n) is 4.95. The zero-order valence-corrected chi connectivity index (χ0v) is 11.6. The number of hydrogen-bond donors (Lipinski definition) is 2. The van der Waals surface area contributed by atoms with Crippen LogP contribution in [0.4, 0.5) is 5.69 Å². The van der Waals surface area contributed by atoms with Gasteiger partial charge in [-0.25, -0.2) is 8.42 Å². The van der Waals surface area contributed by atoms with E-state index in [9.17, 15) is 8.42 Å². The van der Waals surface area contributed by atoms with Crippen LogP contribution in [-0.4, -0.2) is 19.2 Å². The van der Waals surface area contributed by atoms with Gasteiger partial charge in [0.2, 0.25) is 10.0 Å². The summed E-state index contributed by atoms with van der Waals surface area (Å²) in [4.78, 5) is 0.192. The van der Waals surface area contributed by atoms with Gasteiger partial charge in [0.15, 0.2) is 0 Å². The van der Waals surface area contributed by atoms with E-state index in [1.807, 2.05) is 0 Å². The minimum absolute atomic E-state index is 0.0423. The molecule has 0 heterocycles. The third-order valence-corrected chi connectivity index (χ3v) is 4.03. The molecule has 0 radical (unpaired) electrons. The highest BCUT2D eigenvalue weighted by atomic mass is 35.5. The van der Waals surface area contributed by atoms with Crippen LogP contribution in [0, 0.1) is 0 Å². The summed E-state index contributed by atoms with van der Waals surface area (Å²) in [6.07, 6.45) is 0.530. The van der Waals surface area contributed by atoms with E-state index in [1.54, 1.807) is 19.1 Å². The monoisotopic (exact) mass is 292 g/mol. The second-order valence-corrected chi connectivity index (χ2v) is 6.17. The highest BCUT2D eigenvalue weighted by Crippen LogP contribution is 2.24. The Morgan fingerprint density at radius 2 is 2.18 bits per heavy atom. The Morgan fingerprint density at radius 1 is 1.53 bits per heavy atom. The summed E-state index contributed by atoms with van der Waals surface area (Å²) >= 11 is 10.7. The van der Waals surface area contributed by atoms with Crippen molar-refractivity contribution in [3.05, 3.63) is 28.8 Å². The van der Waals surface area contributed by atoms with Gasteiger partial charge in [-0.05, 0) is 18.6 Å². The molecule has 3 N–H and O–H groups in total. The lowest BCUT2D eigenvalue weighted by Gasteiger charge is -2.10. The molecule has 17 heavy (non-hydrogen) atoms. The molecule has 0 aliphatic carbocycles. The van der Waals surface area contributed by atoms with E-state index in [0.29, 0.717) is 22.7 Å². The third-order valence-electron chi connectivity index (χ3n) is 1.99. The molecule has 4 nitrogen and oxygen atoms in total. The number of nitrogens with one attached hydrogen (secondary N) is 1. The zero-order chi connectivity index (χ0) is 13.1. The summed E-state index contributed by atoms with van der Waals surface area (Å²) in [7, 11) is -3.37. The van der Waals surface area contributed by atoms with Crippen molar-refractivity contribution in [1.82, 2.24) is 0 Å². The van der Waals surface area contributed by atoms with Gasteiger partial charge in [0.25, 0.3) is 0 Å². The molecule has 0 unspecified atom stereocenters. The summed E-state index contributed by atoms with van der Waals surface area (Å²) in [5.74, 6) is 0.0423. The minimum atomic E-state index is -3.37. The van der Waals surface area contributed by atoms with Crippen LogP contribution in [0.25, 0.3) is 0 Å². The smallest absolute Gasteiger partial charge is 0.232 e. The van der Waals surface area contributed by atoms with Crippen LogP contribution in [0.3, 0.4) is 0 Å². The number of halogens is 1. The maximum Gasteiger partial charge on any atom is 0.232 e. The maximum atomic E-state index is 11.6. The average Bonchev–Trinajstić information content (AvgIpc) is 2.20. The van der Waals surface area contributed by atoms with Crippen molar-refractivity contribution >= 4 is 44.5 Å². The van der Waals surface area contributed by atoms with Crippen molar-refractivity contribution in [3.8, 4) is 0 Å². The van der Waals surface area contributed by atoms with E-state index in [0.717, 1.165) is 0 Å². The van der Waals surface area contributed by atoms with Crippen molar-refractivity contribution in [1.29, 1.82) is 0 Å². The van der Waals surface area contributed by atoms with Gasteiger partial charge in [-0.3, -0.25) is 4.72 Å². The van der Waals surface area contributed by atoms with E-state index >= 15 is 0 Å². The van der Waals surface area contributed by atoms with Gasteiger partial charge in [-0.15, -0.1) is 0 Å². The predicted octanol–water partition coefficient (Wildman–Crippen LogP) is 2.13. The lowest BCUT2D eigenvalue weighted by atomic mass is 10.2. The van der Waals surface area contributed by atoms with E-state index in [2.05, 4.69) is 4.72 Å². The van der Waals surface area contributed by atoms with E-state index < -0.39 is 10.0 Å². The molecule has 1 aromatic carbocycles. The molecule has 94 valence electrons. The van der Waals surface area contributed by atoms with E-state index in [-0.39, 0.29) is 10.7 Å². The van der Waals surface area contributed by atoms with Crippen molar-refractivity contribution in [3.63, 3.8) is 0 Å². The molecule has 1 aromatic rings. The lowest BCUT2D eigenvalue weighted by molar-refractivity contribution is 0.600. The molecule has 0 amide bonds. The predicted molar refractivity (Wildman–Crippen MR) is 75.0 cm³/mol. The fourth-order valence-electron chi connectivity index (χ4n) is 1.24. The summed E-state index contributed by atoms with van der Waals surface area (Å²) in [6, 6.07) is 4.72. The van der Waals surface area contributed by atoms with Gasteiger partial charge in [-0.1, -0.05) is 36.8 Å². The second kappa shape index (κ2) is 5.66. The van der Waals surface area contributed by atoms with Crippen molar-refractivity contribution in [2.24, 2.45) is 5.73 Å². The molecule has 0 spiro atoms. The normalized spacial score (nSPS) is 11.2. The van der Waals surface area contributed by atoms with Crippen LogP contribution in [0.1, 0.15) is 18.9 Å². The van der Waals surface area contributed by atoms with Crippen molar-refractivity contribution in [2.45, 2.75) is 13.3 Å². The number of thiocarbonyl (C=S) groups is 1. The second-order valence-electron chi connectivity index (χ2n) is 3.48. The minimum Gasteiger partial charge on any atom is -0.389 e. The van der Waals surface area contributed by atoms with Crippen LogP contribution < -0.4 is 10.5 Å². The number of anilines is 1. The number of rotatable bonds is 5. The standard InChI is InChI=1S/C10H13ClN2O2S2/c1-2-5-17(14,15)13-9-6-7(10(12)16)3-4-8(9)11/h3-4,6,13H,2,5H2,1H3,(H2,12,16). The average molecular weight is 293 g/mol. The molecular weight excluding hydrogens is 280 g/mol. The Bertz CT molecular complexity index is 529. The fourth-order valence-corrected chi connectivity index (χ4v) is 2.74. The van der Waals surface area contributed by atoms with Gasteiger partial charge in [0.1, 0.15) is 4.99 Å². The highest BCUT2D eigenvalue weighted by molar-refractivity contribution is 7.92. The highest BCUT2D eigenvalue weighted by Gasteiger charge is 2.12. The van der Waals surface area contributed by atoms with Crippen LogP contribution in [0.2, 0.25) is 5.02 Å². The maximum absolute atomic E-state index is 11.6.